The van der Waals surface area contributed by atoms with Crippen LogP contribution < -0.4 is 10.0 Å². The van der Waals surface area contributed by atoms with Gasteiger partial charge in [0.1, 0.15) is 6.54 Å². The summed E-state index contributed by atoms with van der Waals surface area (Å²) in [5.74, 6) is 0.222. The first-order chi connectivity index (χ1) is 9.28. The van der Waals surface area contributed by atoms with Crippen molar-refractivity contribution >= 4 is 10.2 Å². The van der Waals surface area contributed by atoms with Crippen molar-refractivity contribution < 1.29 is 21.6 Å². The molecule has 2 fully saturated rings. The molecule has 118 valence electrons. The van der Waals surface area contributed by atoms with Crippen molar-refractivity contribution in [1.29, 1.82) is 0 Å². The molecule has 5 nitrogen and oxygen atoms in total. The molecule has 0 unspecified atom stereocenters. The van der Waals surface area contributed by atoms with Gasteiger partial charge in [0.25, 0.3) is 10.2 Å². The van der Waals surface area contributed by atoms with Gasteiger partial charge >= 0.3 is 6.18 Å². The molecule has 0 aromatic heterocycles. The van der Waals surface area contributed by atoms with E-state index in [2.05, 4.69) is 5.32 Å². The summed E-state index contributed by atoms with van der Waals surface area (Å²) in [7, 11) is -4.05. The minimum atomic E-state index is -4.53. The van der Waals surface area contributed by atoms with E-state index in [0.717, 1.165) is 38.8 Å². The normalized spacial score (nSPS) is 22.4. The van der Waals surface area contributed by atoms with Gasteiger partial charge in [0.2, 0.25) is 0 Å². The van der Waals surface area contributed by atoms with Crippen molar-refractivity contribution in [1.82, 2.24) is 14.3 Å². The van der Waals surface area contributed by atoms with Crippen LogP contribution in [0.25, 0.3) is 0 Å². The van der Waals surface area contributed by atoms with E-state index in [9.17, 15) is 21.6 Å². The molecule has 0 aromatic rings. The van der Waals surface area contributed by atoms with Gasteiger partial charge in [-0.3, -0.25) is 0 Å². The number of hydrogen-bond acceptors (Lipinski definition) is 3. The highest BCUT2D eigenvalue weighted by atomic mass is 32.2. The molecule has 1 aliphatic carbocycles. The van der Waals surface area contributed by atoms with Gasteiger partial charge in [0.15, 0.2) is 0 Å². The Morgan fingerprint density at radius 1 is 1.15 bits per heavy atom. The highest BCUT2D eigenvalue weighted by molar-refractivity contribution is 7.87. The lowest BCUT2D eigenvalue weighted by Gasteiger charge is -2.29. The van der Waals surface area contributed by atoms with Gasteiger partial charge < -0.3 is 5.32 Å². The largest absolute Gasteiger partial charge is 0.402 e. The van der Waals surface area contributed by atoms with Crippen LogP contribution in [0.15, 0.2) is 0 Å². The van der Waals surface area contributed by atoms with E-state index >= 15 is 0 Å². The van der Waals surface area contributed by atoms with Crippen molar-refractivity contribution in [3.8, 4) is 0 Å². The molecule has 2 N–H and O–H groups in total. The number of halogens is 3. The maximum absolute atomic E-state index is 12.2. The Morgan fingerprint density at radius 3 is 2.25 bits per heavy atom. The van der Waals surface area contributed by atoms with Gasteiger partial charge in [0, 0.05) is 12.6 Å². The predicted molar refractivity (Wildman–Crippen MR) is 68.3 cm³/mol. The molecule has 0 radical (unpaired) electrons. The van der Waals surface area contributed by atoms with Crippen LogP contribution in [-0.2, 0) is 10.2 Å². The van der Waals surface area contributed by atoms with Crippen LogP contribution in [-0.4, -0.2) is 51.1 Å². The zero-order valence-electron chi connectivity index (χ0n) is 11.1. The molecule has 0 bridgehead atoms. The summed E-state index contributed by atoms with van der Waals surface area (Å²) < 4.78 is 63.5. The Morgan fingerprint density at radius 2 is 1.75 bits per heavy atom. The maximum Gasteiger partial charge on any atom is 0.402 e. The Balaban J connectivity index is 1.96. The first kappa shape index (κ1) is 16.0. The van der Waals surface area contributed by atoms with E-state index in [1.165, 1.54) is 4.31 Å². The summed E-state index contributed by atoms with van der Waals surface area (Å²) in [6.45, 7) is 0.475. The standard InChI is InChI=1S/C11H20F3N3O2S/c12-11(13,14)8-16-20(18,19)17(10-1-2-10)7-9-3-5-15-6-4-9/h9-10,15-16H,1-8H2. The molecule has 1 saturated heterocycles. The fourth-order valence-corrected chi connectivity index (χ4v) is 3.90. The molecule has 2 rings (SSSR count). The summed E-state index contributed by atoms with van der Waals surface area (Å²) >= 11 is 0. The summed E-state index contributed by atoms with van der Waals surface area (Å²) in [6, 6.07) is -0.129. The van der Waals surface area contributed by atoms with Gasteiger partial charge in [-0.1, -0.05) is 0 Å². The van der Waals surface area contributed by atoms with Crippen LogP contribution in [0, 0.1) is 5.92 Å². The van der Waals surface area contributed by atoms with Crippen LogP contribution >= 0.6 is 0 Å². The first-order valence-corrected chi connectivity index (χ1v) is 8.26. The summed E-state index contributed by atoms with van der Waals surface area (Å²) in [6.07, 6.45) is -1.34. The smallest absolute Gasteiger partial charge is 0.317 e. The van der Waals surface area contributed by atoms with Gasteiger partial charge in [-0.25, -0.2) is 0 Å². The van der Waals surface area contributed by atoms with E-state index in [1.807, 2.05) is 0 Å². The Bertz CT molecular complexity index is 417. The molecule has 2 aliphatic rings. The zero-order chi connectivity index (χ0) is 14.8. The second kappa shape index (κ2) is 6.17. The van der Waals surface area contributed by atoms with Crippen LogP contribution in [0.1, 0.15) is 25.7 Å². The lowest BCUT2D eigenvalue weighted by Crippen LogP contribution is -2.48. The van der Waals surface area contributed by atoms with Gasteiger partial charge in [-0.05, 0) is 44.7 Å². The molecule has 0 spiro atoms. The number of alkyl halides is 3. The van der Waals surface area contributed by atoms with E-state index in [1.54, 1.807) is 4.72 Å². The Hall–Kier alpha value is -0.380. The van der Waals surface area contributed by atoms with Crippen molar-refractivity contribution in [3.63, 3.8) is 0 Å². The average Bonchev–Trinajstić information content (AvgIpc) is 3.18. The van der Waals surface area contributed by atoms with Crippen molar-refractivity contribution in [2.24, 2.45) is 5.92 Å². The quantitative estimate of drug-likeness (QED) is 0.764. The van der Waals surface area contributed by atoms with Gasteiger partial charge in [0.05, 0.1) is 0 Å². The molecule has 0 amide bonds. The molecule has 1 saturated carbocycles. The van der Waals surface area contributed by atoms with Crippen LogP contribution in [0.3, 0.4) is 0 Å². The van der Waals surface area contributed by atoms with E-state index < -0.39 is 22.9 Å². The number of piperidine rings is 1. The van der Waals surface area contributed by atoms with Gasteiger partial charge in [-0.2, -0.15) is 30.6 Å². The molecular weight excluding hydrogens is 295 g/mol. The highest BCUT2D eigenvalue weighted by Crippen LogP contribution is 2.31. The van der Waals surface area contributed by atoms with Crippen LogP contribution in [0.2, 0.25) is 0 Å². The topological polar surface area (TPSA) is 61.4 Å². The third-order valence-corrected chi connectivity index (χ3v) is 5.19. The predicted octanol–water partition coefficient (Wildman–Crippen LogP) is 0.847. The molecule has 1 aliphatic heterocycles. The SMILES string of the molecule is O=S(=O)(NCC(F)(F)F)N(CC1CCNCC1)C1CC1. The monoisotopic (exact) mass is 315 g/mol. The molecule has 0 aromatic carbocycles. The highest BCUT2D eigenvalue weighted by Gasteiger charge is 2.40. The zero-order valence-corrected chi connectivity index (χ0v) is 11.9. The number of hydrogen-bond donors (Lipinski definition) is 2. The minimum absolute atomic E-state index is 0.129. The Kier molecular flexibility index (Phi) is 4.93. The third kappa shape index (κ3) is 4.87. The fraction of sp³-hybridized carbons (Fsp3) is 1.00. The second-order valence-corrected chi connectivity index (χ2v) is 7.14. The lowest BCUT2D eigenvalue weighted by molar-refractivity contribution is -0.121. The van der Waals surface area contributed by atoms with Crippen molar-refractivity contribution in [2.75, 3.05) is 26.2 Å². The molecular formula is C11H20F3N3O2S. The minimum Gasteiger partial charge on any atom is -0.317 e. The number of nitrogens with zero attached hydrogens (tertiary/aromatic N) is 1. The number of rotatable bonds is 6. The maximum atomic E-state index is 12.2. The molecule has 9 heteroatoms. The first-order valence-electron chi connectivity index (χ1n) is 6.82. The summed E-state index contributed by atoms with van der Waals surface area (Å²) in [5, 5.41) is 3.18. The van der Waals surface area contributed by atoms with Crippen LogP contribution in [0.4, 0.5) is 13.2 Å². The van der Waals surface area contributed by atoms with E-state index in [0.29, 0.717) is 6.54 Å². The molecule has 0 atom stereocenters. The molecule has 1 heterocycles. The summed E-state index contributed by atoms with van der Waals surface area (Å²) in [5.41, 5.74) is 0. The van der Waals surface area contributed by atoms with E-state index in [4.69, 9.17) is 0 Å². The van der Waals surface area contributed by atoms with E-state index in [-0.39, 0.29) is 12.0 Å². The van der Waals surface area contributed by atoms with Crippen molar-refractivity contribution in [3.05, 3.63) is 0 Å². The fourth-order valence-electron chi connectivity index (χ4n) is 2.38. The third-order valence-electron chi connectivity index (χ3n) is 3.61. The van der Waals surface area contributed by atoms with Crippen molar-refractivity contribution in [2.45, 2.75) is 37.9 Å². The summed E-state index contributed by atoms with van der Waals surface area (Å²) in [4.78, 5) is 0. The average molecular weight is 315 g/mol. The lowest BCUT2D eigenvalue weighted by atomic mass is 9.98. The number of nitrogens with one attached hydrogen (secondary N) is 2. The second-order valence-electron chi connectivity index (χ2n) is 5.44. The molecule has 20 heavy (non-hydrogen) atoms. The van der Waals surface area contributed by atoms with Gasteiger partial charge in [-0.15, -0.1) is 0 Å². The Labute approximate surface area is 117 Å². The van der Waals surface area contributed by atoms with Crippen LogP contribution in [0.5, 0.6) is 0 Å².